The molecule has 32 heavy (non-hydrogen) atoms. The molecule has 1 fully saturated rings. The highest BCUT2D eigenvalue weighted by atomic mass is 16.5. The molecule has 4 nitrogen and oxygen atoms in total. The van der Waals surface area contributed by atoms with E-state index >= 15 is 0 Å². The number of phenols is 1. The number of fused-ring (bicyclic) bond motifs is 1. The van der Waals surface area contributed by atoms with Crippen molar-refractivity contribution in [3.8, 4) is 11.5 Å². The topological polar surface area (TPSA) is 49.8 Å². The van der Waals surface area contributed by atoms with E-state index in [1.165, 1.54) is 16.7 Å². The van der Waals surface area contributed by atoms with Crippen LogP contribution in [-0.4, -0.2) is 35.6 Å². The molecule has 1 amide bonds. The van der Waals surface area contributed by atoms with Gasteiger partial charge in [0.25, 0.3) is 0 Å². The largest absolute Gasteiger partial charge is 0.508 e. The van der Waals surface area contributed by atoms with Gasteiger partial charge in [0.15, 0.2) is 0 Å². The minimum Gasteiger partial charge on any atom is -0.508 e. The molecule has 0 aromatic heterocycles. The normalized spacial score (nSPS) is 24.6. The quantitative estimate of drug-likeness (QED) is 0.685. The van der Waals surface area contributed by atoms with Crippen molar-refractivity contribution in [2.24, 2.45) is 11.8 Å². The van der Waals surface area contributed by atoms with Crippen LogP contribution in [-0.2, 0) is 11.2 Å². The van der Waals surface area contributed by atoms with Crippen molar-refractivity contribution in [2.75, 3.05) is 19.7 Å². The Bertz CT molecular complexity index is 1020. The monoisotopic (exact) mass is 429 g/mol. The van der Waals surface area contributed by atoms with Crippen LogP contribution < -0.4 is 4.74 Å². The predicted octanol–water partition coefficient (Wildman–Crippen LogP) is 5.22. The Morgan fingerprint density at radius 2 is 1.94 bits per heavy atom. The van der Waals surface area contributed by atoms with Crippen molar-refractivity contribution in [1.82, 2.24) is 4.90 Å². The lowest BCUT2D eigenvalue weighted by atomic mass is 9.66. The van der Waals surface area contributed by atoms with Crippen molar-refractivity contribution in [3.05, 3.63) is 83.5 Å². The van der Waals surface area contributed by atoms with E-state index < -0.39 is 0 Å². The lowest BCUT2D eigenvalue weighted by Crippen LogP contribution is -2.29. The maximum Gasteiger partial charge on any atom is 0.222 e. The third kappa shape index (κ3) is 4.32. The second kappa shape index (κ2) is 9.23. The molecular weight excluding hydrogens is 398 g/mol. The first-order valence-electron chi connectivity index (χ1n) is 11.8. The zero-order chi connectivity index (χ0) is 21.9. The van der Waals surface area contributed by atoms with Gasteiger partial charge in [-0.2, -0.15) is 0 Å². The molecule has 2 aliphatic carbocycles. The van der Waals surface area contributed by atoms with Crippen LogP contribution in [0.25, 0.3) is 0 Å². The van der Waals surface area contributed by atoms with E-state index in [2.05, 4.69) is 54.6 Å². The summed E-state index contributed by atoms with van der Waals surface area (Å²) in [5, 5.41) is 10.0. The lowest BCUT2D eigenvalue weighted by molar-refractivity contribution is -0.128. The molecule has 2 aromatic rings. The van der Waals surface area contributed by atoms with E-state index in [4.69, 9.17) is 4.74 Å². The Hall–Kier alpha value is -3.01. The molecule has 0 spiro atoms. The third-order valence-electron chi connectivity index (χ3n) is 7.24. The number of allylic oxidation sites excluding steroid dienone is 4. The third-order valence-corrected chi connectivity index (χ3v) is 7.24. The average Bonchev–Trinajstić information content (AvgIpc) is 3.24. The summed E-state index contributed by atoms with van der Waals surface area (Å²) >= 11 is 0. The molecule has 4 heteroatoms. The summed E-state index contributed by atoms with van der Waals surface area (Å²) in [6, 6.07) is 14.4. The maximum atomic E-state index is 11.8. The summed E-state index contributed by atoms with van der Waals surface area (Å²) in [6.45, 7) is 2.03. The fourth-order valence-corrected chi connectivity index (χ4v) is 5.62. The van der Waals surface area contributed by atoms with Gasteiger partial charge < -0.3 is 14.7 Å². The highest BCUT2D eigenvalue weighted by Crippen LogP contribution is 2.47. The maximum absolute atomic E-state index is 11.8. The molecule has 1 unspecified atom stereocenters. The first-order chi connectivity index (χ1) is 15.7. The minimum atomic E-state index is 0.239. The number of amides is 1. The van der Waals surface area contributed by atoms with Crippen LogP contribution in [0.15, 0.2) is 66.8 Å². The Labute approximate surface area is 190 Å². The van der Waals surface area contributed by atoms with Crippen LogP contribution in [0, 0.1) is 11.8 Å². The molecule has 3 aliphatic rings. The van der Waals surface area contributed by atoms with Crippen molar-refractivity contribution >= 4 is 5.91 Å². The number of carbonyl (C=O) groups excluding carboxylic acids is 1. The number of carbonyl (C=O) groups is 1. The van der Waals surface area contributed by atoms with Gasteiger partial charge >= 0.3 is 0 Å². The number of hydrogen-bond donors (Lipinski definition) is 1. The number of benzene rings is 2. The number of hydrogen-bond acceptors (Lipinski definition) is 3. The Morgan fingerprint density at radius 3 is 2.69 bits per heavy atom. The van der Waals surface area contributed by atoms with Crippen molar-refractivity contribution in [2.45, 2.75) is 38.0 Å². The number of phenolic OH excluding ortho intramolecular Hbond substituents is 1. The van der Waals surface area contributed by atoms with Crippen molar-refractivity contribution < 1.29 is 14.6 Å². The molecule has 166 valence electrons. The molecule has 1 aliphatic heterocycles. The molecule has 0 radical (unpaired) electrons. The average molecular weight is 430 g/mol. The van der Waals surface area contributed by atoms with Gasteiger partial charge in [0.05, 0.1) is 6.54 Å². The molecule has 5 rings (SSSR count). The van der Waals surface area contributed by atoms with Crippen LogP contribution in [0.5, 0.6) is 11.5 Å². The van der Waals surface area contributed by atoms with E-state index in [1.54, 1.807) is 0 Å². The van der Waals surface area contributed by atoms with Crippen LogP contribution in [0.1, 0.15) is 48.3 Å². The molecule has 0 saturated carbocycles. The van der Waals surface area contributed by atoms with Crippen LogP contribution in [0.3, 0.4) is 0 Å². The Morgan fingerprint density at radius 1 is 1.06 bits per heavy atom. The van der Waals surface area contributed by atoms with Crippen molar-refractivity contribution in [1.29, 1.82) is 0 Å². The second-order valence-electron chi connectivity index (χ2n) is 9.18. The van der Waals surface area contributed by atoms with E-state index in [0.717, 1.165) is 38.0 Å². The number of ether oxygens (including phenoxy) is 1. The standard InChI is InChI=1S/C28H31NO3/c30-23-11-15-26-22(19-23)10-14-25(20-5-2-1-3-6-20)28(26)21-8-12-24(13-9-21)32-18-17-29-16-4-7-27(29)31/h1-3,5,8-9,11-13,15,19-20,25,28,30H,4,6-7,10,14,16-18H2/t20?,25-,28+/m1/s1. The first-order valence-corrected chi connectivity index (χ1v) is 11.8. The van der Waals surface area contributed by atoms with E-state index in [9.17, 15) is 9.90 Å². The van der Waals surface area contributed by atoms with Gasteiger partial charge in [-0.15, -0.1) is 0 Å². The van der Waals surface area contributed by atoms with Gasteiger partial charge in [-0.25, -0.2) is 0 Å². The van der Waals surface area contributed by atoms with E-state index in [-0.39, 0.29) is 5.91 Å². The number of rotatable bonds is 6. The first kappa shape index (κ1) is 20.9. The van der Waals surface area contributed by atoms with Crippen LogP contribution in [0.4, 0.5) is 0 Å². The van der Waals surface area contributed by atoms with Crippen LogP contribution in [0.2, 0.25) is 0 Å². The molecule has 1 saturated heterocycles. The van der Waals surface area contributed by atoms with Crippen molar-refractivity contribution in [3.63, 3.8) is 0 Å². The second-order valence-corrected chi connectivity index (χ2v) is 9.18. The highest BCUT2D eigenvalue weighted by molar-refractivity contribution is 5.78. The highest BCUT2D eigenvalue weighted by Gasteiger charge is 2.35. The molecule has 2 aromatic carbocycles. The number of aryl methyl sites for hydroxylation is 1. The zero-order valence-electron chi connectivity index (χ0n) is 18.5. The minimum absolute atomic E-state index is 0.239. The molecular formula is C28H31NO3. The summed E-state index contributed by atoms with van der Waals surface area (Å²) in [6.07, 6.45) is 13.8. The number of nitrogens with zero attached hydrogens (tertiary/aromatic N) is 1. The Kier molecular flexibility index (Phi) is 6.02. The van der Waals surface area contributed by atoms with Gasteiger partial charge in [-0.05, 0) is 78.5 Å². The Balaban J connectivity index is 1.34. The van der Waals surface area contributed by atoms with Gasteiger partial charge in [0.2, 0.25) is 5.91 Å². The van der Waals surface area contributed by atoms with Gasteiger partial charge in [-0.1, -0.05) is 42.5 Å². The molecule has 0 bridgehead atoms. The predicted molar refractivity (Wildman–Crippen MR) is 126 cm³/mol. The van der Waals surface area contributed by atoms with E-state index in [1.807, 2.05) is 17.0 Å². The number of aromatic hydroxyl groups is 1. The summed E-state index contributed by atoms with van der Waals surface area (Å²) in [4.78, 5) is 13.7. The van der Waals surface area contributed by atoms with Crippen LogP contribution >= 0.6 is 0 Å². The summed E-state index contributed by atoms with van der Waals surface area (Å²) in [5.74, 6) is 2.79. The zero-order valence-corrected chi connectivity index (χ0v) is 18.5. The lowest BCUT2D eigenvalue weighted by Gasteiger charge is -2.38. The summed E-state index contributed by atoms with van der Waals surface area (Å²) in [7, 11) is 0. The molecule has 3 atom stereocenters. The smallest absolute Gasteiger partial charge is 0.222 e. The fraction of sp³-hybridized carbons (Fsp3) is 0.393. The fourth-order valence-electron chi connectivity index (χ4n) is 5.62. The van der Waals surface area contributed by atoms with Gasteiger partial charge in [0.1, 0.15) is 18.1 Å². The molecule has 1 heterocycles. The summed E-state index contributed by atoms with van der Waals surface area (Å²) in [5.41, 5.74) is 3.90. The van der Waals surface area contributed by atoms with E-state index in [0.29, 0.717) is 43.1 Å². The summed E-state index contributed by atoms with van der Waals surface area (Å²) < 4.78 is 5.94. The van der Waals surface area contributed by atoms with Gasteiger partial charge in [0, 0.05) is 18.9 Å². The SMILES string of the molecule is O=C1CCCN1CCOc1ccc([C@@H]2c3ccc(O)cc3CC[C@@H]2C2C=CC=CC2)cc1. The number of likely N-dealkylation sites (tertiary alicyclic amines) is 1. The molecule has 1 N–H and O–H groups in total. The van der Waals surface area contributed by atoms with Gasteiger partial charge in [-0.3, -0.25) is 4.79 Å².